The maximum Gasteiger partial charge on any atom is 0.294 e. The van der Waals surface area contributed by atoms with Crippen molar-refractivity contribution in [3.05, 3.63) is 87.8 Å². The van der Waals surface area contributed by atoms with Crippen LogP contribution in [0.25, 0.3) is 6.08 Å². The van der Waals surface area contributed by atoms with Crippen molar-refractivity contribution in [3.8, 4) is 17.2 Å². The molecule has 10 heteroatoms. The molecule has 4 rings (SSSR count). The summed E-state index contributed by atoms with van der Waals surface area (Å²) >= 11 is 6.71. The third-order valence-corrected chi connectivity index (χ3v) is 6.59. The molecule has 0 aliphatic carbocycles. The van der Waals surface area contributed by atoms with E-state index in [1.807, 2.05) is 19.1 Å². The molecule has 196 valence electrons. The number of nitrogens with zero attached hydrogens (tertiary/aromatic N) is 1. The zero-order valence-electron chi connectivity index (χ0n) is 20.7. The Morgan fingerprint density at radius 3 is 2.50 bits per heavy atom. The number of imide groups is 1. The Morgan fingerprint density at radius 1 is 1.00 bits per heavy atom. The van der Waals surface area contributed by atoms with E-state index in [1.165, 1.54) is 7.11 Å². The number of nitrogens with one attached hydrogen (secondary N) is 1. The van der Waals surface area contributed by atoms with E-state index in [0.29, 0.717) is 46.7 Å². The Hall–Kier alpha value is -3.95. The second-order valence-corrected chi connectivity index (χ2v) is 9.50. The molecule has 3 aromatic carbocycles. The van der Waals surface area contributed by atoms with Crippen molar-refractivity contribution in [2.24, 2.45) is 0 Å². The summed E-state index contributed by atoms with van der Waals surface area (Å²) in [6.07, 6.45) is 1.59. The largest absolute Gasteiger partial charge is 0.495 e. The predicted molar refractivity (Wildman–Crippen MR) is 148 cm³/mol. The van der Waals surface area contributed by atoms with Crippen molar-refractivity contribution < 1.29 is 28.6 Å². The Bertz CT molecular complexity index is 1380. The molecule has 0 spiro atoms. The molecule has 3 amide bonds. The summed E-state index contributed by atoms with van der Waals surface area (Å²) in [5, 5.41) is 2.80. The summed E-state index contributed by atoms with van der Waals surface area (Å²) in [6, 6.07) is 19.5. The fraction of sp³-hybridized carbons (Fsp3) is 0.179. The maximum absolute atomic E-state index is 12.9. The van der Waals surface area contributed by atoms with Gasteiger partial charge in [0.2, 0.25) is 5.91 Å². The van der Waals surface area contributed by atoms with Crippen LogP contribution in [0.5, 0.6) is 17.2 Å². The molecule has 1 aliphatic heterocycles. The van der Waals surface area contributed by atoms with Gasteiger partial charge in [0.25, 0.3) is 11.1 Å². The number of rotatable bonds is 10. The van der Waals surface area contributed by atoms with Gasteiger partial charge >= 0.3 is 0 Å². The van der Waals surface area contributed by atoms with Crippen LogP contribution in [0.15, 0.2) is 71.6 Å². The number of anilines is 1. The van der Waals surface area contributed by atoms with E-state index in [-0.39, 0.29) is 4.91 Å². The Labute approximate surface area is 229 Å². The lowest BCUT2D eigenvalue weighted by Crippen LogP contribution is -2.36. The molecule has 38 heavy (non-hydrogen) atoms. The van der Waals surface area contributed by atoms with Crippen LogP contribution in [0.1, 0.15) is 18.1 Å². The summed E-state index contributed by atoms with van der Waals surface area (Å²) in [5.74, 6) is 0.460. The highest BCUT2D eigenvalue weighted by atomic mass is 35.5. The molecule has 1 fully saturated rings. The highest BCUT2D eigenvalue weighted by molar-refractivity contribution is 8.18. The van der Waals surface area contributed by atoms with E-state index in [0.717, 1.165) is 22.2 Å². The highest BCUT2D eigenvalue weighted by Gasteiger charge is 2.36. The normalized spacial score (nSPS) is 14.1. The maximum atomic E-state index is 12.9. The van der Waals surface area contributed by atoms with Gasteiger partial charge in [-0.1, -0.05) is 41.9 Å². The number of halogens is 1. The zero-order valence-corrected chi connectivity index (χ0v) is 22.3. The second kappa shape index (κ2) is 12.5. The molecule has 8 nitrogen and oxygen atoms in total. The Kier molecular flexibility index (Phi) is 8.93. The summed E-state index contributed by atoms with van der Waals surface area (Å²) in [7, 11) is 1.49. The first-order chi connectivity index (χ1) is 18.4. The zero-order chi connectivity index (χ0) is 27.1. The molecule has 1 saturated heterocycles. The predicted octanol–water partition coefficient (Wildman–Crippen LogP) is 6.00. The van der Waals surface area contributed by atoms with Gasteiger partial charge in [-0.2, -0.15) is 0 Å². The molecule has 3 aromatic rings. The summed E-state index contributed by atoms with van der Waals surface area (Å²) in [5.41, 5.74) is 2.05. The van der Waals surface area contributed by atoms with E-state index >= 15 is 0 Å². The van der Waals surface area contributed by atoms with E-state index in [2.05, 4.69) is 5.32 Å². The number of thioether (sulfide) groups is 1. The van der Waals surface area contributed by atoms with Gasteiger partial charge in [0, 0.05) is 5.02 Å². The average molecular weight is 553 g/mol. The smallest absolute Gasteiger partial charge is 0.294 e. The minimum Gasteiger partial charge on any atom is -0.495 e. The molecule has 0 aromatic heterocycles. The van der Waals surface area contributed by atoms with E-state index in [9.17, 15) is 14.4 Å². The number of benzene rings is 3. The number of amides is 3. The monoisotopic (exact) mass is 552 g/mol. The molecule has 1 aliphatic rings. The third kappa shape index (κ3) is 6.67. The molecule has 0 unspecified atom stereocenters. The number of carbonyl (C=O) groups is 3. The molecule has 0 atom stereocenters. The number of para-hydroxylation sites is 2. The van der Waals surface area contributed by atoms with Gasteiger partial charge in [-0.3, -0.25) is 19.3 Å². The fourth-order valence-corrected chi connectivity index (χ4v) is 4.58. The van der Waals surface area contributed by atoms with Crippen LogP contribution >= 0.6 is 23.4 Å². The first-order valence-corrected chi connectivity index (χ1v) is 12.9. The van der Waals surface area contributed by atoms with Crippen LogP contribution in [0.2, 0.25) is 5.02 Å². The summed E-state index contributed by atoms with van der Waals surface area (Å²) in [4.78, 5) is 39.1. The van der Waals surface area contributed by atoms with Gasteiger partial charge in [-0.25, -0.2) is 0 Å². The van der Waals surface area contributed by atoms with E-state index < -0.39 is 23.6 Å². The fourth-order valence-electron chi connectivity index (χ4n) is 3.61. The van der Waals surface area contributed by atoms with Gasteiger partial charge in [0.1, 0.15) is 18.9 Å². The highest BCUT2D eigenvalue weighted by Crippen LogP contribution is 2.35. The lowest BCUT2D eigenvalue weighted by molar-refractivity contribution is -0.127. The molecule has 0 saturated carbocycles. The minimum absolute atomic E-state index is 0.206. The molecule has 1 heterocycles. The van der Waals surface area contributed by atoms with Crippen LogP contribution in [0.3, 0.4) is 0 Å². The van der Waals surface area contributed by atoms with Crippen LogP contribution in [-0.2, 0) is 16.2 Å². The first-order valence-electron chi connectivity index (χ1n) is 11.7. The molecule has 0 bridgehead atoms. The van der Waals surface area contributed by atoms with Crippen LogP contribution < -0.4 is 19.5 Å². The minimum atomic E-state index is -0.545. The lowest BCUT2D eigenvalue weighted by atomic mass is 10.1. The number of methoxy groups -OCH3 is 1. The Balaban J connectivity index is 1.44. The van der Waals surface area contributed by atoms with Gasteiger partial charge < -0.3 is 19.5 Å². The quantitative estimate of drug-likeness (QED) is 0.308. The van der Waals surface area contributed by atoms with Gasteiger partial charge in [0.05, 0.1) is 24.3 Å². The SMILES string of the molecule is CCOc1cc(/C=C2/SC(=O)N(CC(=O)Nc3ccccc3OC)C2=O)ccc1OCc1ccc(Cl)cc1. The molecule has 1 N–H and O–H groups in total. The number of carbonyl (C=O) groups excluding carboxylic acids is 3. The van der Waals surface area contributed by atoms with Crippen molar-refractivity contribution in [1.82, 2.24) is 4.90 Å². The standard InChI is InChI=1S/C28H25ClN2O6S/c1-3-36-24-14-19(10-13-23(24)37-17-18-8-11-20(29)12-9-18)15-25-27(33)31(28(34)38-25)16-26(32)30-21-6-4-5-7-22(21)35-2/h4-15H,3,16-17H2,1-2H3,(H,30,32)/b25-15+. The van der Waals surface area contributed by atoms with E-state index in [1.54, 1.807) is 60.7 Å². The Morgan fingerprint density at radius 2 is 1.76 bits per heavy atom. The molecule has 0 radical (unpaired) electrons. The van der Waals surface area contributed by atoms with Crippen LogP contribution in [0.4, 0.5) is 10.5 Å². The molecular weight excluding hydrogens is 528 g/mol. The van der Waals surface area contributed by atoms with Gasteiger partial charge in [0.15, 0.2) is 11.5 Å². The summed E-state index contributed by atoms with van der Waals surface area (Å²) in [6.45, 7) is 2.18. The van der Waals surface area contributed by atoms with Crippen molar-refractivity contribution in [1.29, 1.82) is 0 Å². The lowest BCUT2D eigenvalue weighted by Gasteiger charge is -2.14. The van der Waals surface area contributed by atoms with Crippen LogP contribution in [0, 0.1) is 0 Å². The molecular formula is C28H25ClN2O6S. The number of hydrogen-bond acceptors (Lipinski definition) is 7. The van der Waals surface area contributed by atoms with Crippen molar-refractivity contribution in [2.45, 2.75) is 13.5 Å². The van der Waals surface area contributed by atoms with Crippen molar-refractivity contribution in [2.75, 3.05) is 25.6 Å². The van der Waals surface area contributed by atoms with Gasteiger partial charge in [-0.05, 0) is 72.3 Å². The van der Waals surface area contributed by atoms with Gasteiger partial charge in [-0.15, -0.1) is 0 Å². The average Bonchev–Trinajstić information content (AvgIpc) is 3.16. The van der Waals surface area contributed by atoms with Crippen LogP contribution in [-0.4, -0.2) is 42.2 Å². The number of ether oxygens (including phenoxy) is 3. The second-order valence-electron chi connectivity index (χ2n) is 8.07. The first kappa shape index (κ1) is 27.1. The number of hydrogen-bond donors (Lipinski definition) is 1. The van der Waals surface area contributed by atoms with E-state index in [4.69, 9.17) is 25.8 Å². The third-order valence-electron chi connectivity index (χ3n) is 5.43. The van der Waals surface area contributed by atoms with Crippen molar-refractivity contribution in [3.63, 3.8) is 0 Å². The summed E-state index contributed by atoms with van der Waals surface area (Å²) < 4.78 is 16.9. The topological polar surface area (TPSA) is 94.2 Å². The van der Waals surface area contributed by atoms with Crippen molar-refractivity contribution >= 4 is 52.2 Å².